The summed E-state index contributed by atoms with van der Waals surface area (Å²) in [5.74, 6) is 0.941. The van der Waals surface area contributed by atoms with E-state index in [9.17, 15) is 0 Å². The Labute approximate surface area is 84.5 Å². The van der Waals surface area contributed by atoms with Gasteiger partial charge in [0.2, 0.25) is 5.88 Å². The normalized spacial score (nSPS) is 11.4. The molecule has 0 unspecified atom stereocenters. The molecule has 0 atom stereocenters. The van der Waals surface area contributed by atoms with E-state index >= 15 is 0 Å². The lowest BCUT2D eigenvalue weighted by atomic mass is 9.93. The highest BCUT2D eigenvalue weighted by atomic mass is 16.5. The number of anilines is 1. The Morgan fingerprint density at radius 2 is 2.00 bits per heavy atom. The minimum Gasteiger partial charge on any atom is -0.477 e. The third-order valence-corrected chi connectivity index (χ3v) is 1.75. The molecule has 4 heteroatoms. The van der Waals surface area contributed by atoms with Crippen LogP contribution >= 0.6 is 0 Å². The Hall–Kier alpha value is -1.32. The number of aromatic nitrogens is 2. The second-order valence-electron chi connectivity index (χ2n) is 4.44. The molecule has 2 N–H and O–H groups in total. The Kier molecular flexibility index (Phi) is 3.28. The molecule has 0 aliphatic carbocycles. The molecule has 1 rings (SSSR count). The van der Waals surface area contributed by atoms with E-state index in [0.717, 1.165) is 6.42 Å². The van der Waals surface area contributed by atoms with Crippen LogP contribution in [0, 0.1) is 5.41 Å². The van der Waals surface area contributed by atoms with Crippen molar-refractivity contribution in [2.24, 2.45) is 5.41 Å². The molecule has 0 saturated carbocycles. The largest absolute Gasteiger partial charge is 0.477 e. The summed E-state index contributed by atoms with van der Waals surface area (Å²) in [5, 5.41) is 0. The average molecular weight is 195 g/mol. The molecule has 14 heavy (non-hydrogen) atoms. The van der Waals surface area contributed by atoms with Gasteiger partial charge in [-0.1, -0.05) is 20.8 Å². The molecule has 0 bridgehead atoms. The minimum atomic E-state index is 0.279. The Morgan fingerprint density at radius 1 is 1.29 bits per heavy atom. The number of ether oxygens (including phenoxy) is 1. The van der Waals surface area contributed by atoms with Crippen LogP contribution in [0.15, 0.2) is 12.4 Å². The fraction of sp³-hybridized carbons (Fsp3) is 0.600. The fourth-order valence-electron chi connectivity index (χ4n) is 0.862. The summed E-state index contributed by atoms with van der Waals surface area (Å²) < 4.78 is 5.41. The SMILES string of the molecule is CC(C)(C)CCOc1cnc(N)cn1. The molecule has 78 valence electrons. The van der Waals surface area contributed by atoms with Gasteiger partial charge in [-0.2, -0.15) is 0 Å². The van der Waals surface area contributed by atoms with Gasteiger partial charge in [0.15, 0.2) is 0 Å². The van der Waals surface area contributed by atoms with Gasteiger partial charge >= 0.3 is 0 Å². The van der Waals surface area contributed by atoms with Crippen LogP contribution < -0.4 is 10.5 Å². The zero-order valence-corrected chi connectivity index (χ0v) is 8.95. The molecular formula is C10H17N3O. The maximum atomic E-state index is 5.41. The topological polar surface area (TPSA) is 61.0 Å². The summed E-state index contributed by atoms with van der Waals surface area (Å²) >= 11 is 0. The molecular weight excluding hydrogens is 178 g/mol. The van der Waals surface area contributed by atoms with Crippen molar-refractivity contribution in [2.75, 3.05) is 12.3 Å². The maximum absolute atomic E-state index is 5.41. The highest BCUT2D eigenvalue weighted by Gasteiger charge is 2.09. The molecule has 1 aromatic rings. The van der Waals surface area contributed by atoms with Crippen LogP contribution in [-0.2, 0) is 0 Å². The van der Waals surface area contributed by atoms with Crippen molar-refractivity contribution in [3.63, 3.8) is 0 Å². The predicted molar refractivity (Wildman–Crippen MR) is 56.0 cm³/mol. The Balaban J connectivity index is 2.35. The number of nitrogens with two attached hydrogens (primary N) is 1. The molecule has 0 spiro atoms. The first kappa shape index (κ1) is 10.8. The quantitative estimate of drug-likeness (QED) is 0.799. The standard InChI is InChI=1S/C10H17N3O/c1-10(2,3)4-5-14-9-7-12-8(11)6-13-9/h6-7H,4-5H2,1-3H3,(H2,11,12). The second kappa shape index (κ2) is 4.26. The number of nitrogens with zero attached hydrogens (tertiary/aromatic N) is 2. The van der Waals surface area contributed by atoms with Crippen LogP contribution in [0.1, 0.15) is 27.2 Å². The Bertz CT molecular complexity index is 276. The summed E-state index contributed by atoms with van der Waals surface area (Å²) in [6, 6.07) is 0. The van der Waals surface area contributed by atoms with Crippen LogP contribution in [0.25, 0.3) is 0 Å². The van der Waals surface area contributed by atoms with Crippen molar-refractivity contribution >= 4 is 5.82 Å². The summed E-state index contributed by atoms with van der Waals surface area (Å²) in [5.41, 5.74) is 5.67. The van der Waals surface area contributed by atoms with Crippen LogP contribution in [-0.4, -0.2) is 16.6 Å². The van der Waals surface area contributed by atoms with E-state index in [1.165, 1.54) is 12.4 Å². The van der Waals surface area contributed by atoms with E-state index in [1.54, 1.807) is 0 Å². The van der Waals surface area contributed by atoms with Gasteiger partial charge < -0.3 is 10.5 Å². The summed E-state index contributed by atoms with van der Waals surface area (Å²) in [6.45, 7) is 7.17. The zero-order chi connectivity index (χ0) is 10.6. The van der Waals surface area contributed by atoms with Crippen LogP contribution in [0.2, 0.25) is 0 Å². The van der Waals surface area contributed by atoms with Gasteiger partial charge in [-0.25, -0.2) is 9.97 Å². The number of nitrogen functional groups attached to an aromatic ring is 1. The van der Waals surface area contributed by atoms with Crippen molar-refractivity contribution in [2.45, 2.75) is 27.2 Å². The molecule has 0 radical (unpaired) electrons. The van der Waals surface area contributed by atoms with E-state index < -0.39 is 0 Å². The smallest absolute Gasteiger partial charge is 0.232 e. The summed E-state index contributed by atoms with van der Waals surface area (Å²) in [6.07, 6.45) is 4.02. The monoisotopic (exact) mass is 195 g/mol. The predicted octanol–water partition coefficient (Wildman–Crippen LogP) is 1.87. The van der Waals surface area contributed by atoms with Crippen molar-refractivity contribution in [1.29, 1.82) is 0 Å². The minimum absolute atomic E-state index is 0.279. The van der Waals surface area contributed by atoms with Gasteiger partial charge in [0.1, 0.15) is 5.82 Å². The molecule has 4 nitrogen and oxygen atoms in total. The Morgan fingerprint density at radius 3 is 2.50 bits per heavy atom. The van der Waals surface area contributed by atoms with Gasteiger partial charge in [-0.05, 0) is 11.8 Å². The van der Waals surface area contributed by atoms with E-state index in [4.69, 9.17) is 10.5 Å². The maximum Gasteiger partial charge on any atom is 0.232 e. The summed E-state index contributed by atoms with van der Waals surface area (Å²) in [7, 11) is 0. The molecule has 1 heterocycles. The molecule has 0 aromatic carbocycles. The molecule has 1 aromatic heterocycles. The van der Waals surface area contributed by atoms with E-state index in [0.29, 0.717) is 18.3 Å². The van der Waals surface area contributed by atoms with Crippen LogP contribution in [0.3, 0.4) is 0 Å². The van der Waals surface area contributed by atoms with Gasteiger partial charge in [-0.15, -0.1) is 0 Å². The first-order valence-electron chi connectivity index (χ1n) is 4.68. The lowest BCUT2D eigenvalue weighted by Crippen LogP contribution is -2.11. The molecule has 0 amide bonds. The average Bonchev–Trinajstić information content (AvgIpc) is 2.06. The van der Waals surface area contributed by atoms with Crippen molar-refractivity contribution in [1.82, 2.24) is 9.97 Å². The number of rotatable bonds is 3. The van der Waals surface area contributed by atoms with Gasteiger partial charge in [-0.3, -0.25) is 0 Å². The van der Waals surface area contributed by atoms with Gasteiger partial charge in [0.05, 0.1) is 19.0 Å². The molecule has 0 aliphatic rings. The van der Waals surface area contributed by atoms with Gasteiger partial charge in [0.25, 0.3) is 0 Å². The zero-order valence-electron chi connectivity index (χ0n) is 8.95. The fourth-order valence-corrected chi connectivity index (χ4v) is 0.862. The van der Waals surface area contributed by atoms with E-state index in [2.05, 4.69) is 30.7 Å². The summed E-state index contributed by atoms with van der Waals surface area (Å²) in [4.78, 5) is 7.87. The molecule has 0 fully saturated rings. The van der Waals surface area contributed by atoms with Gasteiger partial charge in [0, 0.05) is 0 Å². The molecule has 0 saturated heterocycles. The van der Waals surface area contributed by atoms with Crippen LogP contribution in [0.5, 0.6) is 5.88 Å². The first-order chi connectivity index (χ1) is 6.47. The number of hydrogen-bond donors (Lipinski definition) is 1. The molecule has 0 aliphatic heterocycles. The van der Waals surface area contributed by atoms with Crippen LogP contribution in [0.4, 0.5) is 5.82 Å². The number of hydrogen-bond acceptors (Lipinski definition) is 4. The highest BCUT2D eigenvalue weighted by Crippen LogP contribution is 2.18. The highest BCUT2D eigenvalue weighted by molar-refractivity contribution is 5.24. The van der Waals surface area contributed by atoms with E-state index in [1.807, 2.05) is 0 Å². The lowest BCUT2D eigenvalue weighted by molar-refractivity contribution is 0.235. The third kappa shape index (κ3) is 4.07. The van der Waals surface area contributed by atoms with E-state index in [-0.39, 0.29) is 5.41 Å². The van der Waals surface area contributed by atoms with Crippen molar-refractivity contribution in [3.8, 4) is 5.88 Å². The second-order valence-corrected chi connectivity index (χ2v) is 4.44. The third-order valence-electron chi connectivity index (χ3n) is 1.75. The van der Waals surface area contributed by atoms with Crippen molar-refractivity contribution < 1.29 is 4.74 Å². The first-order valence-corrected chi connectivity index (χ1v) is 4.68. The lowest BCUT2D eigenvalue weighted by Gasteiger charge is -2.17. The van der Waals surface area contributed by atoms with Crippen molar-refractivity contribution in [3.05, 3.63) is 12.4 Å².